The highest BCUT2D eigenvalue weighted by Crippen LogP contribution is 2.26. The zero-order chi connectivity index (χ0) is 16.8. The van der Waals surface area contributed by atoms with Gasteiger partial charge in [0.15, 0.2) is 0 Å². The maximum absolute atomic E-state index is 11.5. The maximum Gasteiger partial charge on any atom is 0.251 e. The van der Waals surface area contributed by atoms with Gasteiger partial charge in [0.05, 0.1) is 12.3 Å². The molecule has 0 bridgehead atoms. The van der Waals surface area contributed by atoms with Crippen molar-refractivity contribution in [1.82, 2.24) is 10.3 Å². The van der Waals surface area contributed by atoms with Crippen LogP contribution in [0.3, 0.4) is 0 Å². The SMILES string of the molecule is CCOc1nc(Nc2ccc(C(=O)NC)cc2)cc(N)c1C#N. The molecule has 1 amide bonds. The fourth-order valence-electron chi connectivity index (χ4n) is 1.96. The second kappa shape index (κ2) is 7.13. The van der Waals surface area contributed by atoms with Gasteiger partial charge in [-0.05, 0) is 31.2 Å². The Bertz CT molecular complexity index is 750. The molecule has 2 rings (SSSR count). The summed E-state index contributed by atoms with van der Waals surface area (Å²) < 4.78 is 5.35. The highest BCUT2D eigenvalue weighted by Gasteiger charge is 2.12. The molecule has 1 heterocycles. The molecule has 0 unspecified atom stereocenters. The smallest absolute Gasteiger partial charge is 0.251 e. The molecule has 2 aromatic rings. The number of ether oxygens (including phenoxy) is 1. The fourth-order valence-corrected chi connectivity index (χ4v) is 1.96. The van der Waals surface area contributed by atoms with Crippen LogP contribution in [0, 0.1) is 11.3 Å². The van der Waals surface area contributed by atoms with E-state index >= 15 is 0 Å². The van der Waals surface area contributed by atoms with E-state index in [4.69, 9.17) is 15.7 Å². The molecule has 0 saturated carbocycles. The number of carbonyl (C=O) groups is 1. The molecule has 0 aliphatic rings. The Balaban J connectivity index is 2.26. The van der Waals surface area contributed by atoms with E-state index in [0.717, 1.165) is 5.69 Å². The highest BCUT2D eigenvalue weighted by atomic mass is 16.5. The third-order valence-electron chi connectivity index (χ3n) is 3.06. The first-order valence-corrected chi connectivity index (χ1v) is 7.01. The second-order valence-electron chi connectivity index (χ2n) is 4.60. The zero-order valence-electron chi connectivity index (χ0n) is 12.9. The fraction of sp³-hybridized carbons (Fsp3) is 0.188. The summed E-state index contributed by atoms with van der Waals surface area (Å²) in [5.41, 5.74) is 7.65. The lowest BCUT2D eigenvalue weighted by Crippen LogP contribution is -2.17. The molecule has 0 atom stereocenters. The van der Waals surface area contributed by atoms with Crippen molar-refractivity contribution in [1.29, 1.82) is 5.26 Å². The summed E-state index contributed by atoms with van der Waals surface area (Å²) in [4.78, 5) is 15.8. The quantitative estimate of drug-likeness (QED) is 0.778. The summed E-state index contributed by atoms with van der Waals surface area (Å²) in [6.45, 7) is 2.18. The predicted molar refractivity (Wildman–Crippen MR) is 87.6 cm³/mol. The molecule has 0 spiro atoms. The van der Waals surface area contributed by atoms with Crippen LogP contribution in [-0.2, 0) is 0 Å². The van der Waals surface area contributed by atoms with Crippen LogP contribution in [0.1, 0.15) is 22.8 Å². The first-order chi connectivity index (χ1) is 11.1. The van der Waals surface area contributed by atoms with Crippen molar-refractivity contribution in [2.75, 3.05) is 24.7 Å². The summed E-state index contributed by atoms with van der Waals surface area (Å²) in [7, 11) is 1.58. The number of aromatic nitrogens is 1. The summed E-state index contributed by atoms with van der Waals surface area (Å²) in [5.74, 6) is 0.494. The number of nitrogens with zero attached hydrogens (tertiary/aromatic N) is 2. The molecule has 0 aliphatic carbocycles. The molecular weight excluding hydrogens is 294 g/mol. The Morgan fingerprint density at radius 1 is 1.39 bits per heavy atom. The van der Waals surface area contributed by atoms with Crippen molar-refractivity contribution >= 4 is 23.1 Å². The van der Waals surface area contributed by atoms with E-state index in [1.165, 1.54) is 0 Å². The van der Waals surface area contributed by atoms with Gasteiger partial charge in [0, 0.05) is 24.4 Å². The second-order valence-corrected chi connectivity index (χ2v) is 4.60. The molecule has 0 radical (unpaired) electrons. The molecule has 1 aromatic carbocycles. The lowest BCUT2D eigenvalue weighted by Gasteiger charge is -2.11. The summed E-state index contributed by atoms with van der Waals surface area (Å²) in [6.07, 6.45) is 0. The lowest BCUT2D eigenvalue weighted by molar-refractivity contribution is 0.0963. The minimum atomic E-state index is -0.157. The number of hydrogen-bond donors (Lipinski definition) is 3. The topological polar surface area (TPSA) is 113 Å². The Kier molecular flexibility index (Phi) is 5.00. The number of nitrogens with one attached hydrogen (secondary N) is 2. The molecule has 0 saturated heterocycles. The van der Waals surface area contributed by atoms with Crippen LogP contribution < -0.4 is 21.1 Å². The average Bonchev–Trinajstić information content (AvgIpc) is 2.55. The molecule has 7 heteroatoms. The van der Waals surface area contributed by atoms with Crippen molar-refractivity contribution in [2.45, 2.75) is 6.92 Å². The van der Waals surface area contributed by atoms with Crippen LogP contribution in [0.2, 0.25) is 0 Å². The Morgan fingerprint density at radius 2 is 2.09 bits per heavy atom. The van der Waals surface area contributed by atoms with Crippen LogP contribution in [0.4, 0.5) is 17.2 Å². The largest absolute Gasteiger partial charge is 0.477 e. The zero-order valence-corrected chi connectivity index (χ0v) is 12.9. The van der Waals surface area contributed by atoms with Gasteiger partial charge in [0.25, 0.3) is 5.91 Å². The third-order valence-corrected chi connectivity index (χ3v) is 3.06. The van der Waals surface area contributed by atoms with E-state index in [2.05, 4.69) is 15.6 Å². The first-order valence-electron chi connectivity index (χ1n) is 7.01. The van der Waals surface area contributed by atoms with Crippen LogP contribution in [0.15, 0.2) is 30.3 Å². The van der Waals surface area contributed by atoms with E-state index in [1.54, 1.807) is 44.3 Å². The average molecular weight is 311 g/mol. The Hall–Kier alpha value is -3.27. The summed E-state index contributed by atoms with van der Waals surface area (Å²) in [6, 6.07) is 10.4. The molecule has 23 heavy (non-hydrogen) atoms. The number of rotatable bonds is 5. The van der Waals surface area contributed by atoms with E-state index in [-0.39, 0.29) is 23.0 Å². The molecular formula is C16H17N5O2. The van der Waals surface area contributed by atoms with Gasteiger partial charge in [-0.15, -0.1) is 0 Å². The molecule has 118 valence electrons. The number of nitriles is 1. The van der Waals surface area contributed by atoms with Crippen molar-refractivity contribution < 1.29 is 9.53 Å². The Morgan fingerprint density at radius 3 is 2.65 bits per heavy atom. The number of nitrogen functional groups attached to an aromatic ring is 1. The summed E-state index contributed by atoms with van der Waals surface area (Å²) >= 11 is 0. The van der Waals surface area contributed by atoms with E-state index in [1.807, 2.05) is 6.07 Å². The number of nitrogens with two attached hydrogens (primary N) is 1. The Labute approximate surface area is 134 Å². The van der Waals surface area contributed by atoms with Gasteiger partial charge >= 0.3 is 0 Å². The van der Waals surface area contributed by atoms with Crippen LogP contribution >= 0.6 is 0 Å². The minimum Gasteiger partial charge on any atom is -0.477 e. The molecule has 0 fully saturated rings. The predicted octanol–water partition coefficient (Wildman–Crippen LogP) is 2.04. The van der Waals surface area contributed by atoms with E-state index < -0.39 is 0 Å². The minimum absolute atomic E-state index is 0.157. The van der Waals surface area contributed by atoms with E-state index in [9.17, 15) is 4.79 Å². The number of pyridine rings is 1. The highest BCUT2D eigenvalue weighted by molar-refractivity contribution is 5.94. The van der Waals surface area contributed by atoms with Crippen LogP contribution in [-0.4, -0.2) is 24.5 Å². The van der Waals surface area contributed by atoms with Crippen molar-refractivity contribution in [2.24, 2.45) is 0 Å². The van der Waals surface area contributed by atoms with Crippen LogP contribution in [0.25, 0.3) is 0 Å². The monoisotopic (exact) mass is 311 g/mol. The van der Waals surface area contributed by atoms with E-state index in [0.29, 0.717) is 18.0 Å². The first kappa shape index (κ1) is 16.1. The molecule has 0 aliphatic heterocycles. The third kappa shape index (κ3) is 3.68. The number of hydrogen-bond acceptors (Lipinski definition) is 6. The van der Waals surface area contributed by atoms with Crippen molar-refractivity contribution in [3.63, 3.8) is 0 Å². The molecule has 4 N–H and O–H groups in total. The normalized spacial score (nSPS) is 9.78. The van der Waals surface area contributed by atoms with Crippen molar-refractivity contribution in [3.8, 4) is 11.9 Å². The van der Waals surface area contributed by atoms with Gasteiger partial charge in [-0.2, -0.15) is 10.2 Å². The number of amides is 1. The van der Waals surface area contributed by atoms with Crippen molar-refractivity contribution in [3.05, 3.63) is 41.5 Å². The van der Waals surface area contributed by atoms with Gasteiger partial charge in [0.1, 0.15) is 17.5 Å². The number of anilines is 3. The van der Waals surface area contributed by atoms with Gasteiger partial charge in [0.2, 0.25) is 5.88 Å². The van der Waals surface area contributed by atoms with Crippen LogP contribution in [0.5, 0.6) is 5.88 Å². The van der Waals surface area contributed by atoms with Gasteiger partial charge < -0.3 is 21.1 Å². The molecule has 7 nitrogen and oxygen atoms in total. The maximum atomic E-state index is 11.5. The summed E-state index contributed by atoms with van der Waals surface area (Å²) in [5, 5.41) is 14.7. The van der Waals surface area contributed by atoms with Gasteiger partial charge in [-0.3, -0.25) is 4.79 Å². The number of benzene rings is 1. The van der Waals surface area contributed by atoms with Gasteiger partial charge in [-0.25, -0.2) is 0 Å². The lowest BCUT2D eigenvalue weighted by atomic mass is 10.2. The molecule has 1 aromatic heterocycles. The number of carbonyl (C=O) groups excluding carboxylic acids is 1. The standard InChI is InChI=1S/C16H17N5O2/c1-3-23-16-12(9-17)13(18)8-14(21-16)20-11-6-4-10(5-7-11)15(22)19-2/h4-8H,3H2,1-2H3,(H,19,22)(H3,18,20,21). The van der Waals surface area contributed by atoms with Gasteiger partial charge in [-0.1, -0.05) is 0 Å².